The maximum atomic E-state index is 12.9. The molecule has 0 rings (SSSR count). The number of esters is 3. The zero-order valence-electron chi connectivity index (χ0n) is 49.0. The van der Waals surface area contributed by atoms with Crippen LogP contribution in [0.4, 0.5) is 0 Å². The summed E-state index contributed by atoms with van der Waals surface area (Å²) in [4.78, 5) is 38.3. The molecule has 428 valence electrons. The second-order valence-electron chi connectivity index (χ2n) is 20.6. The molecule has 75 heavy (non-hydrogen) atoms. The minimum absolute atomic E-state index is 0.0934. The van der Waals surface area contributed by atoms with Crippen molar-refractivity contribution >= 4 is 17.9 Å². The minimum atomic E-state index is -0.799. The van der Waals surface area contributed by atoms with Gasteiger partial charge in [-0.2, -0.15) is 0 Å². The molecule has 0 aromatic heterocycles. The summed E-state index contributed by atoms with van der Waals surface area (Å²) in [6.45, 7) is 6.46. The third-order valence-corrected chi connectivity index (χ3v) is 13.2. The van der Waals surface area contributed by atoms with E-state index in [2.05, 4.69) is 130 Å². The number of ether oxygens (including phenoxy) is 3. The molecule has 0 aromatic carbocycles. The molecule has 0 N–H and O–H groups in total. The van der Waals surface area contributed by atoms with Crippen molar-refractivity contribution in [2.75, 3.05) is 13.2 Å². The summed E-state index contributed by atoms with van der Waals surface area (Å²) in [7, 11) is 0. The van der Waals surface area contributed by atoms with Gasteiger partial charge in [0.1, 0.15) is 13.2 Å². The van der Waals surface area contributed by atoms with Crippen LogP contribution >= 0.6 is 0 Å². The van der Waals surface area contributed by atoms with Gasteiger partial charge in [-0.1, -0.05) is 252 Å². The minimum Gasteiger partial charge on any atom is -0.462 e. The number of carbonyl (C=O) groups is 3. The molecule has 1 atom stereocenters. The van der Waals surface area contributed by atoms with Crippen LogP contribution in [-0.2, 0) is 28.6 Å². The zero-order valence-corrected chi connectivity index (χ0v) is 49.0. The molecular formula is C69H116O6. The molecule has 0 aromatic rings. The Morgan fingerprint density at radius 1 is 0.280 bits per heavy atom. The number of carbonyl (C=O) groups excluding carboxylic acids is 3. The molecule has 0 spiro atoms. The predicted octanol–water partition coefficient (Wildman–Crippen LogP) is 21.4. The third-order valence-electron chi connectivity index (χ3n) is 13.2. The van der Waals surface area contributed by atoms with Crippen LogP contribution in [0.5, 0.6) is 0 Å². The highest BCUT2D eigenvalue weighted by Gasteiger charge is 2.19. The maximum Gasteiger partial charge on any atom is 0.306 e. The van der Waals surface area contributed by atoms with Gasteiger partial charge in [0.15, 0.2) is 6.10 Å². The normalized spacial score (nSPS) is 12.8. The van der Waals surface area contributed by atoms with Crippen LogP contribution in [0.1, 0.15) is 290 Å². The largest absolute Gasteiger partial charge is 0.462 e. The van der Waals surface area contributed by atoms with E-state index in [1.165, 1.54) is 141 Å². The predicted molar refractivity (Wildman–Crippen MR) is 325 cm³/mol. The third kappa shape index (κ3) is 60.8. The quantitative estimate of drug-likeness (QED) is 0.0261. The van der Waals surface area contributed by atoms with Crippen LogP contribution in [-0.4, -0.2) is 37.2 Å². The highest BCUT2D eigenvalue weighted by Crippen LogP contribution is 2.15. The summed E-state index contributed by atoms with van der Waals surface area (Å²) in [5.74, 6) is -0.928. The lowest BCUT2D eigenvalue weighted by Gasteiger charge is -2.18. The summed E-state index contributed by atoms with van der Waals surface area (Å²) < 4.78 is 16.9. The van der Waals surface area contributed by atoms with E-state index in [0.29, 0.717) is 19.3 Å². The van der Waals surface area contributed by atoms with Crippen LogP contribution < -0.4 is 0 Å². The maximum absolute atomic E-state index is 12.9. The molecule has 0 bridgehead atoms. The molecule has 0 heterocycles. The molecule has 0 unspecified atom stereocenters. The SMILES string of the molecule is CC/C=C\C/C=C\C/C=C\C/C=C\C/C=C\CCCCCC(=O)OC[C@@H](COC(=O)CCCCCCCCCCC/C=C\C/C=C\CCCCC)OC(=O)CCCCCCCCCCC/C=C\C/C=C\CCCCC. The Bertz CT molecular complexity index is 1520. The van der Waals surface area contributed by atoms with E-state index in [1.54, 1.807) is 0 Å². The molecular weight excluding hydrogens is 925 g/mol. The van der Waals surface area contributed by atoms with Gasteiger partial charge in [0.05, 0.1) is 0 Å². The number of rotatable bonds is 56. The lowest BCUT2D eigenvalue weighted by molar-refractivity contribution is -0.167. The lowest BCUT2D eigenvalue weighted by atomic mass is 10.1. The molecule has 0 aliphatic rings. The lowest BCUT2D eigenvalue weighted by Crippen LogP contribution is -2.30. The molecule has 0 saturated heterocycles. The van der Waals surface area contributed by atoms with Gasteiger partial charge in [0, 0.05) is 19.3 Å². The zero-order chi connectivity index (χ0) is 54.3. The molecule has 0 aliphatic heterocycles. The van der Waals surface area contributed by atoms with Crippen molar-refractivity contribution < 1.29 is 28.6 Å². The Morgan fingerprint density at radius 3 is 0.827 bits per heavy atom. The molecule has 0 amide bonds. The van der Waals surface area contributed by atoms with Gasteiger partial charge in [-0.3, -0.25) is 14.4 Å². The topological polar surface area (TPSA) is 78.9 Å². The number of hydrogen-bond donors (Lipinski definition) is 0. The van der Waals surface area contributed by atoms with Crippen molar-refractivity contribution in [1.82, 2.24) is 0 Å². The smallest absolute Gasteiger partial charge is 0.306 e. The first-order chi connectivity index (χ1) is 37.0. The summed E-state index contributed by atoms with van der Waals surface area (Å²) >= 11 is 0. The fraction of sp³-hybridized carbons (Fsp3) is 0.696. The highest BCUT2D eigenvalue weighted by molar-refractivity contribution is 5.71. The van der Waals surface area contributed by atoms with E-state index in [1.807, 2.05) is 0 Å². The highest BCUT2D eigenvalue weighted by atomic mass is 16.6. The van der Waals surface area contributed by atoms with Crippen molar-refractivity contribution in [2.45, 2.75) is 297 Å². The molecule has 0 fully saturated rings. The van der Waals surface area contributed by atoms with Gasteiger partial charge in [0.25, 0.3) is 0 Å². The summed E-state index contributed by atoms with van der Waals surface area (Å²) in [5.41, 5.74) is 0. The molecule has 0 radical (unpaired) electrons. The molecule has 6 heteroatoms. The molecule has 0 saturated carbocycles. The van der Waals surface area contributed by atoms with Crippen LogP contribution in [0.15, 0.2) is 109 Å². The second kappa shape index (κ2) is 62.6. The van der Waals surface area contributed by atoms with Gasteiger partial charge in [0.2, 0.25) is 0 Å². The molecule has 0 aliphatic carbocycles. The van der Waals surface area contributed by atoms with E-state index in [4.69, 9.17) is 14.2 Å². The van der Waals surface area contributed by atoms with Gasteiger partial charge >= 0.3 is 17.9 Å². The Labute approximate surface area is 463 Å². The van der Waals surface area contributed by atoms with Crippen molar-refractivity contribution in [3.63, 3.8) is 0 Å². The van der Waals surface area contributed by atoms with E-state index >= 15 is 0 Å². The summed E-state index contributed by atoms with van der Waals surface area (Å²) in [6.07, 6.45) is 85.1. The van der Waals surface area contributed by atoms with Gasteiger partial charge in [-0.05, 0) is 128 Å². The number of allylic oxidation sites excluding steroid dienone is 18. The fourth-order valence-electron chi connectivity index (χ4n) is 8.53. The van der Waals surface area contributed by atoms with Crippen molar-refractivity contribution in [1.29, 1.82) is 0 Å². The first kappa shape index (κ1) is 71.1. The molecule has 6 nitrogen and oxygen atoms in total. The van der Waals surface area contributed by atoms with E-state index in [9.17, 15) is 14.4 Å². The van der Waals surface area contributed by atoms with E-state index in [-0.39, 0.29) is 31.1 Å². The van der Waals surface area contributed by atoms with Gasteiger partial charge < -0.3 is 14.2 Å². The first-order valence-corrected chi connectivity index (χ1v) is 31.4. The van der Waals surface area contributed by atoms with Gasteiger partial charge in [-0.25, -0.2) is 0 Å². The second-order valence-corrected chi connectivity index (χ2v) is 20.6. The standard InChI is InChI=1S/C69H116O6/c1-4-7-10-13-16-19-22-25-28-31-34-37-40-43-46-49-52-55-58-61-67(70)73-64-66(75-69(72)63-60-57-54-51-48-45-42-39-36-33-30-27-24-21-18-15-12-9-6-3)65-74-68(71)62-59-56-53-50-47-44-41-38-35-32-29-26-23-20-17-14-11-8-5-2/h7,10,16-21,25-30,34,37,43,46,66H,4-6,8-9,11-15,22-24,31-33,35-36,38-42,44-45,47-65H2,1-3H3/b10-7-,19-16-,20-17-,21-18-,28-25-,29-26-,30-27-,37-34-,46-43-/t66-/m0/s1. The van der Waals surface area contributed by atoms with Crippen molar-refractivity contribution in [2.24, 2.45) is 0 Å². The van der Waals surface area contributed by atoms with Gasteiger partial charge in [-0.15, -0.1) is 0 Å². The van der Waals surface area contributed by atoms with E-state index in [0.717, 1.165) is 109 Å². The Morgan fingerprint density at radius 2 is 0.520 bits per heavy atom. The van der Waals surface area contributed by atoms with Crippen LogP contribution in [0.2, 0.25) is 0 Å². The number of unbranched alkanes of at least 4 members (excludes halogenated alkanes) is 27. The fourth-order valence-corrected chi connectivity index (χ4v) is 8.53. The average Bonchev–Trinajstić information content (AvgIpc) is 3.41. The Kier molecular flexibility index (Phi) is 59.3. The van der Waals surface area contributed by atoms with E-state index < -0.39 is 6.10 Å². The van der Waals surface area contributed by atoms with Crippen LogP contribution in [0, 0.1) is 0 Å². The monoisotopic (exact) mass is 1040 g/mol. The summed E-state index contributed by atoms with van der Waals surface area (Å²) in [6, 6.07) is 0. The first-order valence-electron chi connectivity index (χ1n) is 31.4. The number of hydrogen-bond acceptors (Lipinski definition) is 6. The average molecular weight is 1040 g/mol. The van der Waals surface area contributed by atoms with Crippen LogP contribution in [0.3, 0.4) is 0 Å². The van der Waals surface area contributed by atoms with Crippen molar-refractivity contribution in [3.8, 4) is 0 Å². The van der Waals surface area contributed by atoms with Crippen LogP contribution in [0.25, 0.3) is 0 Å². The van der Waals surface area contributed by atoms with Crippen molar-refractivity contribution in [3.05, 3.63) is 109 Å². The Hall–Kier alpha value is -3.93. The Balaban J connectivity index is 4.46. The summed E-state index contributed by atoms with van der Waals surface area (Å²) in [5, 5.41) is 0.